The number of allylic oxidation sites excluding steroid dienone is 4. The van der Waals surface area contributed by atoms with Crippen LogP contribution in [-0.4, -0.2) is 36.8 Å². The van der Waals surface area contributed by atoms with Gasteiger partial charge in [-0.25, -0.2) is 19.3 Å². The molecule has 0 fully saturated rings. The second kappa shape index (κ2) is 10.0. The molecule has 4 rings (SSSR count). The van der Waals surface area contributed by atoms with E-state index in [2.05, 4.69) is 41.3 Å². The molecule has 1 aromatic carbocycles. The van der Waals surface area contributed by atoms with Crippen LogP contribution >= 0.6 is 15.9 Å². The smallest absolute Gasteiger partial charge is 0.298 e. The van der Waals surface area contributed by atoms with Gasteiger partial charge in [-0.05, 0) is 31.2 Å². The zero-order valence-corrected chi connectivity index (χ0v) is 20.6. The van der Waals surface area contributed by atoms with E-state index in [9.17, 15) is 9.18 Å². The maximum Gasteiger partial charge on any atom is 0.298 e. The van der Waals surface area contributed by atoms with Gasteiger partial charge < -0.3 is 5.32 Å². The van der Waals surface area contributed by atoms with Crippen molar-refractivity contribution in [2.45, 2.75) is 32.0 Å². The Hall–Kier alpha value is -3.85. The van der Waals surface area contributed by atoms with E-state index in [0.717, 1.165) is 18.2 Å². The van der Waals surface area contributed by atoms with E-state index in [1.54, 1.807) is 6.92 Å². The van der Waals surface area contributed by atoms with Crippen molar-refractivity contribution in [1.29, 1.82) is 5.26 Å². The summed E-state index contributed by atoms with van der Waals surface area (Å²) >= 11 is 3.20. The highest BCUT2D eigenvalue weighted by Crippen LogP contribution is 2.40. The molecule has 2 unspecified atom stereocenters. The van der Waals surface area contributed by atoms with E-state index in [1.165, 1.54) is 48.5 Å². The Labute approximate surface area is 212 Å². The zero-order valence-electron chi connectivity index (χ0n) is 19.0. The van der Waals surface area contributed by atoms with Gasteiger partial charge in [-0.2, -0.15) is 23.8 Å². The highest BCUT2D eigenvalue weighted by Gasteiger charge is 2.38. The normalized spacial score (nSPS) is 18.3. The number of hydrogen-bond acceptors (Lipinski definition) is 6. The molecule has 3 atom stereocenters. The second-order valence-electron chi connectivity index (χ2n) is 8.19. The molecule has 3 aromatic rings. The number of nitriles is 1. The van der Waals surface area contributed by atoms with E-state index in [4.69, 9.17) is 5.26 Å². The van der Waals surface area contributed by atoms with Crippen LogP contribution in [0.4, 0.5) is 13.2 Å². The van der Waals surface area contributed by atoms with E-state index in [-0.39, 0.29) is 27.1 Å². The fraction of sp³-hybridized carbons (Fsp3) is 0.250. The summed E-state index contributed by atoms with van der Waals surface area (Å²) in [7, 11) is 0. The van der Waals surface area contributed by atoms with Crippen molar-refractivity contribution in [3.63, 3.8) is 0 Å². The van der Waals surface area contributed by atoms with Crippen LogP contribution in [-0.2, 0) is 5.92 Å². The van der Waals surface area contributed by atoms with E-state index in [1.807, 2.05) is 6.07 Å². The molecule has 0 spiro atoms. The van der Waals surface area contributed by atoms with Gasteiger partial charge in [0.15, 0.2) is 11.6 Å². The first-order valence-corrected chi connectivity index (χ1v) is 11.6. The molecule has 8 nitrogen and oxygen atoms in total. The van der Waals surface area contributed by atoms with Crippen LogP contribution in [0.15, 0.2) is 65.2 Å². The maximum absolute atomic E-state index is 15.3. The Balaban J connectivity index is 1.59. The van der Waals surface area contributed by atoms with Gasteiger partial charge in [0.05, 0.1) is 6.04 Å². The first kappa shape index (κ1) is 25.2. The van der Waals surface area contributed by atoms with Gasteiger partial charge in [0.25, 0.3) is 11.8 Å². The standard InChI is InChI=1S/C24H19BrF3N7O/c1-13-5-16(3-4-20(13)26)24(27,28)17-6-15(7-18(25)8-17)23(36)34-14(2)22-32-12-33-35(22)21-9-19(10-29)30-11-31-21/h3-9,11-14,20H,1-2H3,(H,34,36)/t13?,14-,20?/m0/s1. The first-order valence-electron chi connectivity index (χ1n) is 10.8. The Morgan fingerprint density at radius 3 is 2.72 bits per heavy atom. The average Bonchev–Trinajstić information content (AvgIpc) is 3.35. The van der Waals surface area contributed by atoms with Crippen molar-refractivity contribution in [3.8, 4) is 11.9 Å². The van der Waals surface area contributed by atoms with Crippen molar-refractivity contribution < 1.29 is 18.0 Å². The van der Waals surface area contributed by atoms with Crippen molar-refractivity contribution in [2.24, 2.45) is 5.92 Å². The number of halogens is 4. The van der Waals surface area contributed by atoms with E-state index < -0.39 is 35.5 Å². The van der Waals surface area contributed by atoms with Gasteiger partial charge in [0, 0.05) is 33.2 Å². The molecule has 36 heavy (non-hydrogen) atoms. The summed E-state index contributed by atoms with van der Waals surface area (Å²) in [6.07, 6.45) is 4.52. The number of hydrogen-bond donors (Lipinski definition) is 1. The van der Waals surface area contributed by atoms with Gasteiger partial charge in [-0.15, -0.1) is 0 Å². The van der Waals surface area contributed by atoms with Crippen LogP contribution in [0.3, 0.4) is 0 Å². The highest BCUT2D eigenvalue weighted by molar-refractivity contribution is 9.10. The lowest BCUT2D eigenvalue weighted by molar-refractivity contribution is 0.0402. The molecule has 1 N–H and O–H groups in total. The molecule has 0 radical (unpaired) electrons. The van der Waals surface area contributed by atoms with Crippen LogP contribution in [0.25, 0.3) is 5.82 Å². The summed E-state index contributed by atoms with van der Waals surface area (Å²) in [6.45, 7) is 3.16. The number of amides is 1. The lowest BCUT2D eigenvalue weighted by atomic mass is 9.89. The Morgan fingerprint density at radius 1 is 1.22 bits per heavy atom. The van der Waals surface area contributed by atoms with Crippen molar-refractivity contribution in [2.75, 3.05) is 0 Å². The fourth-order valence-electron chi connectivity index (χ4n) is 3.67. The first-order chi connectivity index (χ1) is 17.1. The molecular formula is C24H19BrF3N7O. The SMILES string of the molecule is CC1C=C(C(F)(F)c2cc(Br)cc(C(=O)N[C@@H](C)c3ncnn3-c3cc(C#N)ncn3)c2)C=CC1F. The quantitative estimate of drug-likeness (QED) is 0.468. The van der Waals surface area contributed by atoms with Crippen LogP contribution in [0, 0.1) is 17.2 Å². The molecule has 1 aliphatic rings. The monoisotopic (exact) mass is 557 g/mol. The third-order valence-electron chi connectivity index (χ3n) is 5.58. The van der Waals surface area contributed by atoms with Crippen molar-refractivity contribution in [3.05, 3.63) is 87.8 Å². The van der Waals surface area contributed by atoms with Gasteiger partial charge in [-0.3, -0.25) is 4.79 Å². The number of carbonyl (C=O) groups excluding carboxylic acids is 1. The zero-order chi connectivity index (χ0) is 26.0. The molecule has 2 aromatic heterocycles. The number of nitrogens with zero attached hydrogens (tertiary/aromatic N) is 6. The summed E-state index contributed by atoms with van der Waals surface area (Å²) < 4.78 is 45.9. The summed E-state index contributed by atoms with van der Waals surface area (Å²) in [5, 5.41) is 15.9. The lowest BCUT2D eigenvalue weighted by Crippen LogP contribution is -2.29. The molecule has 184 valence electrons. The molecule has 12 heteroatoms. The highest BCUT2D eigenvalue weighted by atomic mass is 79.9. The number of nitrogens with one attached hydrogen (secondary N) is 1. The largest absolute Gasteiger partial charge is 0.342 e. The number of benzene rings is 1. The molecule has 0 bridgehead atoms. The minimum atomic E-state index is -3.44. The second-order valence-corrected chi connectivity index (χ2v) is 9.10. The van der Waals surface area contributed by atoms with Crippen LogP contribution in [0.5, 0.6) is 0 Å². The predicted molar refractivity (Wildman–Crippen MR) is 127 cm³/mol. The molecule has 0 saturated carbocycles. The summed E-state index contributed by atoms with van der Waals surface area (Å²) in [6, 6.07) is 6.36. The Bertz CT molecular complexity index is 1410. The van der Waals surface area contributed by atoms with E-state index >= 15 is 8.78 Å². The predicted octanol–water partition coefficient (Wildman–Crippen LogP) is 4.74. The van der Waals surface area contributed by atoms with Crippen LogP contribution in [0.2, 0.25) is 0 Å². The van der Waals surface area contributed by atoms with Crippen molar-refractivity contribution in [1.82, 2.24) is 30.0 Å². The summed E-state index contributed by atoms with van der Waals surface area (Å²) in [5.41, 5.74) is -0.637. The molecule has 1 amide bonds. The Morgan fingerprint density at radius 2 is 2.00 bits per heavy atom. The van der Waals surface area contributed by atoms with Gasteiger partial charge in [0.2, 0.25) is 0 Å². The Kier molecular flexibility index (Phi) is 7.03. The van der Waals surface area contributed by atoms with E-state index in [0.29, 0.717) is 5.82 Å². The number of aromatic nitrogens is 5. The molecule has 1 aliphatic carbocycles. The van der Waals surface area contributed by atoms with Crippen LogP contribution < -0.4 is 5.32 Å². The van der Waals surface area contributed by atoms with Crippen molar-refractivity contribution >= 4 is 21.8 Å². The van der Waals surface area contributed by atoms with Gasteiger partial charge in [0.1, 0.15) is 30.6 Å². The molecule has 0 aliphatic heterocycles. The molecule has 2 heterocycles. The summed E-state index contributed by atoms with van der Waals surface area (Å²) in [5.74, 6) is -4.18. The number of carbonyl (C=O) groups is 1. The van der Waals surface area contributed by atoms with Crippen LogP contribution in [0.1, 0.15) is 47.3 Å². The minimum Gasteiger partial charge on any atom is -0.342 e. The summed E-state index contributed by atoms with van der Waals surface area (Å²) in [4.78, 5) is 25.1. The minimum absolute atomic E-state index is 0.0115. The van der Waals surface area contributed by atoms with Gasteiger partial charge in [-0.1, -0.05) is 35.0 Å². The average molecular weight is 558 g/mol. The maximum atomic E-state index is 15.3. The number of alkyl halides is 3. The fourth-order valence-corrected chi connectivity index (χ4v) is 4.16. The third-order valence-corrected chi connectivity index (χ3v) is 6.04. The molecule has 0 saturated heterocycles. The van der Waals surface area contributed by atoms with Gasteiger partial charge >= 0.3 is 0 Å². The topological polar surface area (TPSA) is 109 Å². The lowest BCUT2D eigenvalue weighted by Gasteiger charge is -2.24. The third kappa shape index (κ3) is 5.06. The molecular weight excluding hydrogens is 539 g/mol. The number of rotatable bonds is 6.